The van der Waals surface area contributed by atoms with Crippen molar-refractivity contribution in [2.24, 2.45) is 0 Å². The molecule has 0 radical (unpaired) electrons. The average molecular weight is 509 g/mol. The number of hydrogen-bond acceptors (Lipinski definition) is 3. The Labute approximate surface area is 229 Å². The number of aryl methyl sites for hydroxylation is 6. The monoisotopic (exact) mass is 508 g/mol. The zero-order valence-corrected chi connectivity index (χ0v) is 23.9. The fourth-order valence-corrected chi connectivity index (χ4v) is 5.40. The van der Waals surface area contributed by atoms with Crippen LogP contribution in [-0.4, -0.2) is 24.0 Å². The van der Waals surface area contributed by atoms with E-state index >= 15 is 0 Å². The number of rotatable bonds is 7. The van der Waals surface area contributed by atoms with Gasteiger partial charge in [0.15, 0.2) is 0 Å². The van der Waals surface area contributed by atoms with E-state index < -0.39 is 7.32 Å². The van der Waals surface area contributed by atoms with E-state index in [2.05, 4.69) is 119 Å². The molecule has 0 amide bonds. The van der Waals surface area contributed by atoms with Crippen molar-refractivity contribution in [3.8, 4) is 33.4 Å². The normalized spacial score (nSPS) is 10.7. The lowest BCUT2D eigenvalue weighted by molar-refractivity contribution is 0.183. The number of unbranched alkanes of at least 4 members (excludes halogenated alkanes) is 1. The smallest absolute Gasteiger partial charge is 0.402 e. The van der Waals surface area contributed by atoms with Gasteiger partial charge in [-0.15, -0.1) is 0 Å². The highest BCUT2D eigenvalue weighted by Gasteiger charge is 2.19. The van der Waals surface area contributed by atoms with Crippen molar-refractivity contribution in [3.05, 3.63) is 106 Å². The summed E-state index contributed by atoms with van der Waals surface area (Å²) in [6, 6.07) is 26.8. The topological polar surface area (TPSA) is 49.7 Å². The summed E-state index contributed by atoms with van der Waals surface area (Å²) in [6.45, 7) is 15.8. The molecule has 198 valence electrons. The molecule has 0 saturated heterocycles. The molecule has 4 rings (SSSR count). The van der Waals surface area contributed by atoms with E-state index in [0.29, 0.717) is 6.61 Å². The molecule has 4 heteroatoms. The van der Waals surface area contributed by atoms with E-state index in [9.17, 15) is 0 Å². The second kappa shape index (κ2) is 13.6. The molecule has 0 aliphatic rings. The molecule has 2 N–H and O–H groups in total. The molecule has 0 heterocycles. The van der Waals surface area contributed by atoms with Crippen LogP contribution >= 0.6 is 0 Å². The number of hydrogen-bond donors (Lipinski definition) is 2. The van der Waals surface area contributed by atoms with Crippen LogP contribution in [0.3, 0.4) is 0 Å². The van der Waals surface area contributed by atoms with Crippen molar-refractivity contribution < 1.29 is 14.7 Å². The Kier molecular flexibility index (Phi) is 10.5. The minimum absolute atomic E-state index is 0.425. The summed E-state index contributed by atoms with van der Waals surface area (Å²) in [5.41, 5.74) is 15.9. The first-order chi connectivity index (χ1) is 18.1. The van der Waals surface area contributed by atoms with Gasteiger partial charge in [0.25, 0.3) is 0 Å². The van der Waals surface area contributed by atoms with Gasteiger partial charge in [-0.3, -0.25) is 0 Å². The Balaban J connectivity index is 0.000000436. The molecular formula is C34H41BO3. The summed E-state index contributed by atoms with van der Waals surface area (Å²) in [5, 5.41) is 16.2. The van der Waals surface area contributed by atoms with Crippen molar-refractivity contribution in [2.45, 2.75) is 61.3 Å². The molecule has 0 aromatic heterocycles. The van der Waals surface area contributed by atoms with Gasteiger partial charge in [-0.1, -0.05) is 97.3 Å². The highest BCUT2D eigenvalue weighted by Crippen LogP contribution is 2.44. The van der Waals surface area contributed by atoms with Crippen LogP contribution in [0, 0.1) is 41.5 Å². The lowest BCUT2D eigenvalue weighted by Gasteiger charge is -2.22. The summed E-state index contributed by atoms with van der Waals surface area (Å²) in [6.07, 6.45) is 1.88. The molecule has 0 saturated carbocycles. The SMILES string of the molecule is CCCCOB(O)O.Cc1cc(C)c(-c2cccc(-c3ccccc3)c2-c2c(C)cc(C)cc2C)c(C)c1. The predicted molar refractivity (Wildman–Crippen MR) is 162 cm³/mol. The fraction of sp³-hybridized carbons (Fsp3) is 0.294. The molecule has 38 heavy (non-hydrogen) atoms. The van der Waals surface area contributed by atoms with Gasteiger partial charge in [-0.2, -0.15) is 0 Å². The molecule has 0 aliphatic heterocycles. The molecule has 0 unspecified atom stereocenters. The maximum Gasteiger partial charge on any atom is 0.633 e. The minimum atomic E-state index is -1.60. The highest BCUT2D eigenvalue weighted by atomic mass is 16.6. The Hall–Kier alpha value is -3.18. The summed E-state index contributed by atoms with van der Waals surface area (Å²) in [7, 11) is -1.60. The molecule has 0 aliphatic carbocycles. The van der Waals surface area contributed by atoms with Gasteiger partial charge >= 0.3 is 7.32 Å². The van der Waals surface area contributed by atoms with Gasteiger partial charge in [-0.25, -0.2) is 0 Å². The van der Waals surface area contributed by atoms with Gasteiger partial charge in [0.1, 0.15) is 0 Å². The van der Waals surface area contributed by atoms with E-state index in [4.69, 9.17) is 10.0 Å². The van der Waals surface area contributed by atoms with Crippen molar-refractivity contribution in [1.29, 1.82) is 0 Å². The molecule has 0 atom stereocenters. The van der Waals surface area contributed by atoms with Gasteiger partial charge < -0.3 is 14.7 Å². The molecule has 0 bridgehead atoms. The molecule has 0 fully saturated rings. The van der Waals surface area contributed by atoms with Gasteiger partial charge in [0, 0.05) is 6.61 Å². The van der Waals surface area contributed by atoms with Crippen LogP contribution in [0.2, 0.25) is 0 Å². The molecular weight excluding hydrogens is 467 g/mol. The zero-order chi connectivity index (χ0) is 27.8. The third-order valence-corrected chi connectivity index (χ3v) is 6.79. The van der Waals surface area contributed by atoms with E-state index in [1.54, 1.807) is 0 Å². The van der Waals surface area contributed by atoms with E-state index in [-0.39, 0.29) is 0 Å². The van der Waals surface area contributed by atoms with Crippen LogP contribution in [0.4, 0.5) is 0 Å². The van der Waals surface area contributed by atoms with Gasteiger partial charge in [0.05, 0.1) is 0 Å². The third kappa shape index (κ3) is 7.23. The van der Waals surface area contributed by atoms with Crippen molar-refractivity contribution in [2.75, 3.05) is 6.61 Å². The average Bonchev–Trinajstić information content (AvgIpc) is 2.84. The predicted octanol–water partition coefficient (Wildman–Crippen LogP) is 8.31. The van der Waals surface area contributed by atoms with Crippen LogP contribution in [0.5, 0.6) is 0 Å². The van der Waals surface area contributed by atoms with Crippen LogP contribution in [0.25, 0.3) is 33.4 Å². The van der Waals surface area contributed by atoms with Crippen molar-refractivity contribution in [1.82, 2.24) is 0 Å². The maximum absolute atomic E-state index is 8.11. The van der Waals surface area contributed by atoms with E-state index in [0.717, 1.165) is 12.8 Å². The van der Waals surface area contributed by atoms with E-state index in [1.165, 1.54) is 66.8 Å². The number of benzene rings is 4. The zero-order valence-electron chi connectivity index (χ0n) is 23.9. The summed E-state index contributed by atoms with van der Waals surface area (Å²) in [5.74, 6) is 0. The fourth-order valence-electron chi connectivity index (χ4n) is 5.40. The van der Waals surface area contributed by atoms with Crippen LogP contribution in [0.15, 0.2) is 72.8 Å². The first-order valence-electron chi connectivity index (χ1n) is 13.5. The lowest BCUT2D eigenvalue weighted by Crippen LogP contribution is -2.17. The van der Waals surface area contributed by atoms with Crippen LogP contribution in [-0.2, 0) is 4.65 Å². The van der Waals surface area contributed by atoms with Gasteiger partial charge in [-0.05, 0) is 104 Å². The Morgan fingerprint density at radius 3 is 1.61 bits per heavy atom. The highest BCUT2D eigenvalue weighted by molar-refractivity contribution is 6.32. The summed E-state index contributed by atoms with van der Waals surface area (Å²) < 4.78 is 4.39. The van der Waals surface area contributed by atoms with Crippen molar-refractivity contribution >= 4 is 7.32 Å². The van der Waals surface area contributed by atoms with E-state index in [1.807, 2.05) is 6.92 Å². The first-order valence-corrected chi connectivity index (χ1v) is 13.5. The molecule has 4 aromatic carbocycles. The lowest BCUT2D eigenvalue weighted by atomic mass is 9.81. The molecule has 0 spiro atoms. The standard InChI is InChI=1S/C30H30.C4H11BO3/c1-19-15-21(3)28(22(4)16-19)27-14-10-13-26(25-11-8-7-9-12-25)30(27)29-23(5)17-20(2)18-24(29)6;1-2-3-4-8-5(6)7/h7-18H,1-6H3;6-7H,2-4H2,1H3. The third-order valence-electron chi connectivity index (χ3n) is 6.79. The molecule has 3 nitrogen and oxygen atoms in total. The Morgan fingerprint density at radius 1 is 0.605 bits per heavy atom. The van der Waals surface area contributed by atoms with Crippen LogP contribution in [0.1, 0.15) is 53.1 Å². The quantitative estimate of drug-likeness (QED) is 0.195. The molecule has 4 aromatic rings. The summed E-state index contributed by atoms with van der Waals surface area (Å²) >= 11 is 0. The first kappa shape index (κ1) is 29.4. The second-order valence-electron chi connectivity index (χ2n) is 10.2. The van der Waals surface area contributed by atoms with Gasteiger partial charge in [0.2, 0.25) is 0 Å². The Bertz CT molecular complexity index is 1310. The largest absolute Gasteiger partial charge is 0.633 e. The van der Waals surface area contributed by atoms with Crippen molar-refractivity contribution in [3.63, 3.8) is 0 Å². The van der Waals surface area contributed by atoms with Crippen LogP contribution < -0.4 is 0 Å². The maximum atomic E-state index is 8.11. The Morgan fingerprint density at radius 2 is 1.11 bits per heavy atom. The summed E-state index contributed by atoms with van der Waals surface area (Å²) in [4.78, 5) is 0. The minimum Gasteiger partial charge on any atom is -0.402 e. The second-order valence-corrected chi connectivity index (χ2v) is 10.2.